The maximum atomic E-state index is 12.2. The minimum atomic E-state index is -0.607. The summed E-state index contributed by atoms with van der Waals surface area (Å²) in [6, 6.07) is 13.7. The minimum Gasteiger partial charge on any atom is -0.455 e. The summed E-state index contributed by atoms with van der Waals surface area (Å²) in [5, 5.41) is 3.27. The summed E-state index contributed by atoms with van der Waals surface area (Å²) in [4.78, 5) is 37.9. The summed E-state index contributed by atoms with van der Waals surface area (Å²) in [5.41, 5.74) is 1.10. The number of hydrogen-bond donors (Lipinski definition) is 1. The Morgan fingerprint density at radius 2 is 1.89 bits per heavy atom. The lowest BCUT2D eigenvalue weighted by atomic mass is 10.1. The third-order valence-electron chi connectivity index (χ3n) is 4.08. The lowest BCUT2D eigenvalue weighted by Gasteiger charge is -2.16. The van der Waals surface area contributed by atoms with Crippen molar-refractivity contribution in [3.8, 4) is 0 Å². The Balaban J connectivity index is 1.52. The number of amides is 2. The van der Waals surface area contributed by atoms with E-state index in [4.69, 9.17) is 27.9 Å². The van der Waals surface area contributed by atoms with Crippen LogP contribution in [-0.4, -0.2) is 30.9 Å². The Morgan fingerprint density at radius 3 is 2.59 bits per heavy atom. The van der Waals surface area contributed by atoms with Gasteiger partial charge in [-0.05, 0) is 30.3 Å². The number of hydrogen-bond acceptors (Lipinski definition) is 4. The standard InChI is InChI=1S/C19H16Cl2N2O4/c20-13-6-7-16(15(21)9-13)22-17(24)11-27-19(26)12-8-18(25)23(10-12)14-4-2-1-3-5-14/h1-7,9,12H,8,10-11H2,(H,22,24)/t12-/m1/s1. The minimum absolute atomic E-state index is 0.0539. The van der Waals surface area contributed by atoms with E-state index < -0.39 is 24.4 Å². The highest BCUT2D eigenvalue weighted by molar-refractivity contribution is 6.36. The van der Waals surface area contributed by atoms with Crippen LogP contribution in [0, 0.1) is 5.92 Å². The van der Waals surface area contributed by atoms with Gasteiger partial charge in [-0.1, -0.05) is 41.4 Å². The van der Waals surface area contributed by atoms with Crippen LogP contribution in [-0.2, 0) is 19.1 Å². The van der Waals surface area contributed by atoms with E-state index in [1.807, 2.05) is 18.2 Å². The maximum absolute atomic E-state index is 12.2. The lowest BCUT2D eigenvalue weighted by Crippen LogP contribution is -2.28. The molecule has 1 N–H and O–H groups in total. The first-order valence-electron chi connectivity index (χ1n) is 8.21. The molecule has 2 aromatic carbocycles. The van der Waals surface area contributed by atoms with E-state index in [1.165, 1.54) is 6.07 Å². The second-order valence-electron chi connectivity index (χ2n) is 6.02. The fraction of sp³-hybridized carbons (Fsp3) is 0.211. The predicted molar refractivity (Wildman–Crippen MR) is 103 cm³/mol. The summed E-state index contributed by atoms with van der Waals surface area (Å²) in [6.45, 7) is -0.236. The van der Waals surface area contributed by atoms with Gasteiger partial charge in [0.05, 0.1) is 16.6 Å². The van der Waals surface area contributed by atoms with E-state index in [9.17, 15) is 14.4 Å². The van der Waals surface area contributed by atoms with Crippen LogP contribution in [0.4, 0.5) is 11.4 Å². The van der Waals surface area contributed by atoms with Gasteiger partial charge in [-0.2, -0.15) is 0 Å². The van der Waals surface area contributed by atoms with Crippen LogP contribution in [0.2, 0.25) is 10.0 Å². The van der Waals surface area contributed by atoms with Gasteiger partial charge in [-0.3, -0.25) is 14.4 Å². The van der Waals surface area contributed by atoms with E-state index in [2.05, 4.69) is 5.32 Å². The molecule has 2 aromatic rings. The first-order chi connectivity index (χ1) is 12.9. The van der Waals surface area contributed by atoms with Crippen molar-refractivity contribution < 1.29 is 19.1 Å². The second-order valence-corrected chi connectivity index (χ2v) is 6.86. The highest BCUT2D eigenvalue weighted by Gasteiger charge is 2.36. The highest BCUT2D eigenvalue weighted by atomic mass is 35.5. The van der Waals surface area contributed by atoms with Crippen LogP contribution in [0.3, 0.4) is 0 Å². The van der Waals surface area contributed by atoms with Crippen molar-refractivity contribution >= 4 is 52.4 Å². The molecule has 0 aromatic heterocycles. The second kappa shape index (κ2) is 8.41. The fourth-order valence-electron chi connectivity index (χ4n) is 2.75. The van der Waals surface area contributed by atoms with Crippen LogP contribution in [0.15, 0.2) is 48.5 Å². The van der Waals surface area contributed by atoms with Crippen molar-refractivity contribution in [2.45, 2.75) is 6.42 Å². The number of ether oxygens (including phenoxy) is 1. The van der Waals surface area contributed by atoms with Crippen LogP contribution in [0.5, 0.6) is 0 Å². The zero-order chi connectivity index (χ0) is 19.4. The summed E-state index contributed by atoms with van der Waals surface area (Å²) in [5.74, 6) is -1.87. The topological polar surface area (TPSA) is 75.7 Å². The molecule has 0 unspecified atom stereocenters. The number of anilines is 2. The Hall–Kier alpha value is -2.57. The Labute approximate surface area is 166 Å². The fourth-order valence-corrected chi connectivity index (χ4v) is 3.21. The van der Waals surface area contributed by atoms with Crippen molar-refractivity contribution in [1.29, 1.82) is 0 Å². The Bertz CT molecular complexity index is 873. The zero-order valence-corrected chi connectivity index (χ0v) is 15.7. The van der Waals surface area contributed by atoms with E-state index >= 15 is 0 Å². The molecule has 140 valence electrons. The van der Waals surface area contributed by atoms with Crippen molar-refractivity contribution in [1.82, 2.24) is 0 Å². The largest absolute Gasteiger partial charge is 0.455 e. The molecule has 0 bridgehead atoms. The van der Waals surface area contributed by atoms with Crippen LogP contribution in [0.1, 0.15) is 6.42 Å². The lowest BCUT2D eigenvalue weighted by molar-refractivity contribution is -0.151. The number of rotatable bonds is 5. The number of carbonyl (C=O) groups is 3. The van der Waals surface area contributed by atoms with Crippen molar-refractivity contribution in [2.75, 3.05) is 23.4 Å². The molecule has 27 heavy (non-hydrogen) atoms. The van der Waals surface area contributed by atoms with Crippen LogP contribution in [0.25, 0.3) is 0 Å². The first kappa shape index (κ1) is 19.2. The van der Waals surface area contributed by atoms with E-state index in [0.717, 1.165) is 5.69 Å². The monoisotopic (exact) mass is 406 g/mol. The number of halogens is 2. The van der Waals surface area contributed by atoms with E-state index in [-0.39, 0.29) is 23.9 Å². The van der Waals surface area contributed by atoms with Gasteiger partial charge in [0.2, 0.25) is 5.91 Å². The van der Waals surface area contributed by atoms with E-state index in [0.29, 0.717) is 10.7 Å². The number of nitrogens with zero attached hydrogens (tertiary/aromatic N) is 1. The third kappa shape index (κ3) is 4.78. The van der Waals surface area contributed by atoms with Crippen molar-refractivity contribution in [3.63, 3.8) is 0 Å². The molecule has 0 saturated carbocycles. The molecule has 3 rings (SSSR count). The van der Waals surface area contributed by atoms with Gasteiger partial charge in [0, 0.05) is 23.7 Å². The Morgan fingerprint density at radius 1 is 1.15 bits per heavy atom. The molecular formula is C19H16Cl2N2O4. The van der Waals surface area contributed by atoms with Gasteiger partial charge in [-0.15, -0.1) is 0 Å². The number of nitrogens with one attached hydrogen (secondary N) is 1. The molecule has 0 radical (unpaired) electrons. The normalized spacial score (nSPS) is 16.3. The van der Waals surface area contributed by atoms with Gasteiger partial charge in [0.15, 0.2) is 6.61 Å². The van der Waals surface area contributed by atoms with Crippen molar-refractivity contribution in [3.05, 3.63) is 58.6 Å². The predicted octanol–water partition coefficient (Wildman–Crippen LogP) is 3.53. The van der Waals surface area contributed by atoms with Gasteiger partial charge in [0.1, 0.15) is 0 Å². The molecular weight excluding hydrogens is 391 g/mol. The molecule has 1 heterocycles. The summed E-state index contributed by atoms with van der Waals surface area (Å²) >= 11 is 11.8. The third-order valence-corrected chi connectivity index (χ3v) is 4.62. The van der Waals surface area contributed by atoms with Crippen molar-refractivity contribution in [2.24, 2.45) is 5.92 Å². The molecule has 1 atom stereocenters. The van der Waals surface area contributed by atoms with Gasteiger partial charge >= 0.3 is 5.97 Å². The van der Waals surface area contributed by atoms with Gasteiger partial charge in [-0.25, -0.2) is 0 Å². The smallest absolute Gasteiger partial charge is 0.311 e. The molecule has 1 aliphatic heterocycles. The molecule has 2 amide bonds. The average molecular weight is 407 g/mol. The molecule has 1 saturated heterocycles. The zero-order valence-electron chi connectivity index (χ0n) is 14.2. The summed E-state index contributed by atoms with van der Waals surface area (Å²) in [6.07, 6.45) is 0.0539. The molecule has 1 aliphatic rings. The molecule has 1 fully saturated rings. The number of esters is 1. The number of para-hydroxylation sites is 1. The van der Waals surface area contributed by atoms with Gasteiger partial charge < -0.3 is 15.0 Å². The molecule has 0 spiro atoms. The molecule has 8 heteroatoms. The van der Waals surface area contributed by atoms with E-state index in [1.54, 1.807) is 29.2 Å². The molecule has 0 aliphatic carbocycles. The quantitative estimate of drug-likeness (QED) is 0.770. The highest BCUT2D eigenvalue weighted by Crippen LogP contribution is 2.26. The average Bonchev–Trinajstić information content (AvgIpc) is 3.04. The Kier molecular flexibility index (Phi) is 5.98. The SMILES string of the molecule is O=C(COC(=O)[C@@H]1CC(=O)N(c2ccccc2)C1)Nc1ccc(Cl)cc1Cl. The van der Waals surface area contributed by atoms with Crippen LogP contribution >= 0.6 is 23.2 Å². The van der Waals surface area contributed by atoms with Crippen LogP contribution < -0.4 is 10.2 Å². The number of carbonyl (C=O) groups excluding carboxylic acids is 3. The summed E-state index contributed by atoms with van der Waals surface area (Å²) in [7, 11) is 0. The maximum Gasteiger partial charge on any atom is 0.311 e. The first-order valence-corrected chi connectivity index (χ1v) is 8.96. The number of benzene rings is 2. The van der Waals surface area contributed by atoms with Gasteiger partial charge in [0.25, 0.3) is 5.91 Å². The molecule has 6 nitrogen and oxygen atoms in total. The summed E-state index contributed by atoms with van der Waals surface area (Å²) < 4.78 is 5.06.